The van der Waals surface area contributed by atoms with E-state index in [-0.39, 0.29) is 0 Å². The molecular weight excluding hydrogens is 224 g/mol. The smallest absolute Gasteiger partial charge is 0.157 e. The van der Waals surface area contributed by atoms with Crippen molar-refractivity contribution in [2.75, 3.05) is 6.54 Å². The summed E-state index contributed by atoms with van der Waals surface area (Å²) in [6.07, 6.45) is 6.40. The summed E-state index contributed by atoms with van der Waals surface area (Å²) in [7, 11) is 0. The summed E-state index contributed by atoms with van der Waals surface area (Å²) < 4.78 is 1.90. The van der Waals surface area contributed by atoms with Crippen LogP contribution < -0.4 is 5.32 Å². The zero-order valence-electron chi connectivity index (χ0n) is 10.6. The van der Waals surface area contributed by atoms with Gasteiger partial charge in [-0.15, -0.1) is 0 Å². The average Bonchev–Trinajstić information content (AvgIpc) is 3.15. The predicted octanol–water partition coefficient (Wildman–Crippen LogP) is 2.25. The predicted molar refractivity (Wildman–Crippen MR) is 70.7 cm³/mol. The van der Waals surface area contributed by atoms with Crippen molar-refractivity contribution in [1.29, 1.82) is 0 Å². The molecule has 0 saturated heterocycles. The molecule has 1 saturated carbocycles. The van der Waals surface area contributed by atoms with Gasteiger partial charge in [0.2, 0.25) is 0 Å². The SMILES string of the molecule is CCNCc1cccnc1-n1ccc(C2CC2)n1. The largest absolute Gasteiger partial charge is 0.313 e. The molecule has 0 bridgehead atoms. The van der Waals surface area contributed by atoms with Gasteiger partial charge in [0.1, 0.15) is 0 Å². The van der Waals surface area contributed by atoms with Crippen molar-refractivity contribution in [2.24, 2.45) is 0 Å². The molecule has 1 N–H and O–H groups in total. The van der Waals surface area contributed by atoms with Crippen LogP contribution in [0.3, 0.4) is 0 Å². The van der Waals surface area contributed by atoms with Crippen molar-refractivity contribution in [1.82, 2.24) is 20.1 Å². The molecular formula is C14H18N4. The van der Waals surface area contributed by atoms with Crippen LogP contribution in [0.15, 0.2) is 30.6 Å². The van der Waals surface area contributed by atoms with Gasteiger partial charge in [-0.3, -0.25) is 0 Å². The number of pyridine rings is 1. The number of nitrogens with zero attached hydrogens (tertiary/aromatic N) is 3. The van der Waals surface area contributed by atoms with Crippen LogP contribution in [0, 0.1) is 0 Å². The molecule has 1 fully saturated rings. The Balaban J connectivity index is 1.88. The van der Waals surface area contributed by atoms with Crippen molar-refractivity contribution < 1.29 is 0 Å². The topological polar surface area (TPSA) is 42.7 Å². The van der Waals surface area contributed by atoms with Gasteiger partial charge in [0.15, 0.2) is 5.82 Å². The van der Waals surface area contributed by atoms with Crippen LogP contribution in [-0.4, -0.2) is 21.3 Å². The minimum absolute atomic E-state index is 0.687. The first kappa shape index (κ1) is 11.4. The van der Waals surface area contributed by atoms with E-state index in [2.05, 4.69) is 34.5 Å². The number of nitrogens with one attached hydrogen (secondary N) is 1. The molecule has 0 aliphatic heterocycles. The lowest BCUT2D eigenvalue weighted by atomic mass is 10.2. The minimum atomic E-state index is 0.687. The first-order valence-electron chi connectivity index (χ1n) is 6.59. The summed E-state index contributed by atoms with van der Waals surface area (Å²) in [5.74, 6) is 1.62. The number of aromatic nitrogens is 3. The molecule has 0 aromatic carbocycles. The van der Waals surface area contributed by atoms with Gasteiger partial charge >= 0.3 is 0 Å². The van der Waals surface area contributed by atoms with Crippen molar-refractivity contribution in [3.8, 4) is 5.82 Å². The van der Waals surface area contributed by atoms with Crippen molar-refractivity contribution in [3.05, 3.63) is 41.9 Å². The number of hydrogen-bond acceptors (Lipinski definition) is 3. The van der Waals surface area contributed by atoms with E-state index in [0.717, 1.165) is 18.9 Å². The molecule has 1 aliphatic carbocycles. The third-order valence-electron chi connectivity index (χ3n) is 3.26. The molecule has 18 heavy (non-hydrogen) atoms. The summed E-state index contributed by atoms with van der Waals surface area (Å²) in [5.41, 5.74) is 2.39. The number of hydrogen-bond donors (Lipinski definition) is 1. The van der Waals surface area contributed by atoms with E-state index in [9.17, 15) is 0 Å². The van der Waals surface area contributed by atoms with Crippen LogP contribution in [0.2, 0.25) is 0 Å². The fourth-order valence-electron chi connectivity index (χ4n) is 2.09. The fraction of sp³-hybridized carbons (Fsp3) is 0.429. The Labute approximate surface area is 107 Å². The van der Waals surface area contributed by atoms with E-state index in [1.54, 1.807) is 0 Å². The molecule has 2 heterocycles. The molecule has 0 unspecified atom stereocenters. The molecule has 94 valence electrons. The molecule has 4 heteroatoms. The van der Waals surface area contributed by atoms with Crippen LogP contribution in [0.25, 0.3) is 5.82 Å². The molecule has 0 atom stereocenters. The quantitative estimate of drug-likeness (QED) is 0.874. The Morgan fingerprint density at radius 1 is 1.39 bits per heavy atom. The van der Waals surface area contributed by atoms with E-state index in [0.29, 0.717) is 5.92 Å². The maximum absolute atomic E-state index is 4.64. The normalized spacial score (nSPS) is 14.9. The molecule has 1 aliphatic rings. The van der Waals surface area contributed by atoms with Crippen LogP contribution >= 0.6 is 0 Å². The summed E-state index contributed by atoms with van der Waals surface area (Å²) in [4.78, 5) is 4.46. The van der Waals surface area contributed by atoms with Gasteiger partial charge in [0, 0.05) is 30.4 Å². The third kappa shape index (κ3) is 2.29. The van der Waals surface area contributed by atoms with Crippen LogP contribution in [-0.2, 0) is 6.54 Å². The van der Waals surface area contributed by atoms with E-state index in [1.807, 2.05) is 23.1 Å². The van der Waals surface area contributed by atoms with Gasteiger partial charge in [0.05, 0.1) is 5.69 Å². The van der Waals surface area contributed by atoms with Crippen molar-refractivity contribution in [3.63, 3.8) is 0 Å². The molecule has 3 rings (SSSR count). The second-order valence-electron chi connectivity index (χ2n) is 4.73. The summed E-state index contributed by atoms with van der Waals surface area (Å²) in [5, 5.41) is 7.97. The summed E-state index contributed by atoms with van der Waals surface area (Å²) in [6, 6.07) is 6.19. The van der Waals surface area contributed by atoms with Gasteiger partial charge in [-0.2, -0.15) is 5.10 Å². The van der Waals surface area contributed by atoms with Crippen LogP contribution in [0.5, 0.6) is 0 Å². The maximum Gasteiger partial charge on any atom is 0.157 e. The second-order valence-corrected chi connectivity index (χ2v) is 4.73. The number of rotatable bonds is 5. The van der Waals surface area contributed by atoms with Gasteiger partial charge < -0.3 is 5.32 Å². The molecule has 4 nitrogen and oxygen atoms in total. The van der Waals surface area contributed by atoms with Gasteiger partial charge in [-0.1, -0.05) is 13.0 Å². The van der Waals surface area contributed by atoms with Gasteiger partial charge in [-0.25, -0.2) is 9.67 Å². The highest BCUT2D eigenvalue weighted by Gasteiger charge is 2.26. The average molecular weight is 242 g/mol. The third-order valence-corrected chi connectivity index (χ3v) is 3.26. The first-order chi connectivity index (χ1) is 8.88. The zero-order valence-corrected chi connectivity index (χ0v) is 10.6. The Kier molecular flexibility index (Phi) is 3.11. The molecule has 0 spiro atoms. The lowest BCUT2D eigenvalue weighted by Crippen LogP contribution is -2.15. The minimum Gasteiger partial charge on any atom is -0.313 e. The van der Waals surface area contributed by atoms with Crippen molar-refractivity contribution >= 4 is 0 Å². The lowest BCUT2D eigenvalue weighted by molar-refractivity contribution is 0.707. The van der Waals surface area contributed by atoms with E-state index in [4.69, 9.17) is 0 Å². The zero-order chi connectivity index (χ0) is 12.4. The lowest BCUT2D eigenvalue weighted by Gasteiger charge is -2.08. The Bertz CT molecular complexity index is 528. The van der Waals surface area contributed by atoms with E-state index >= 15 is 0 Å². The second kappa shape index (κ2) is 4.90. The van der Waals surface area contributed by atoms with Crippen LogP contribution in [0.1, 0.15) is 36.9 Å². The van der Waals surface area contributed by atoms with Gasteiger partial charge in [0.25, 0.3) is 0 Å². The standard InChI is InChI=1S/C14H18N4/c1-2-15-10-12-4-3-8-16-14(12)18-9-7-13(17-18)11-5-6-11/h3-4,7-9,11,15H,2,5-6,10H2,1H3. The van der Waals surface area contributed by atoms with Gasteiger partial charge in [-0.05, 0) is 31.5 Å². The van der Waals surface area contributed by atoms with Crippen LogP contribution in [0.4, 0.5) is 0 Å². The maximum atomic E-state index is 4.64. The summed E-state index contributed by atoms with van der Waals surface area (Å²) in [6.45, 7) is 3.90. The molecule has 2 aromatic rings. The van der Waals surface area contributed by atoms with E-state index < -0.39 is 0 Å². The highest BCUT2D eigenvalue weighted by molar-refractivity contribution is 5.33. The Morgan fingerprint density at radius 3 is 3.06 bits per heavy atom. The molecule has 0 amide bonds. The fourth-order valence-corrected chi connectivity index (χ4v) is 2.09. The molecule has 2 aromatic heterocycles. The monoisotopic (exact) mass is 242 g/mol. The first-order valence-corrected chi connectivity index (χ1v) is 6.59. The van der Waals surface area contributed by atoms with Crippen molar-refractivity contribution in [2.45, 2.75) is 32.2 Å². The van der Waals surface area contributed by atoms with E-state index in [1.165, 1.54) is 24.1 Å². The highest BCUT2D eigenvalue weighted by atomic mass is 15.3. The Hall–Kier alpha value is -1.68. The Morgan fingerprint density at radius 2 is 2.28 bits per heavy atom. The highest BCUT2D eigenvalue weighted by Crippen LogP contribution is 2.39. The molecule has 0 radical (unpaired) electrons. The summed E-state index contributed by atoms with van der Waals surface area (Å²) >= 11 is 0.